The van der Waals surface area contributed by atoms with Gasteiger partial charge in [-0.05, 0) is 58.7 Å². The van der Waals surface area contributed by atoms with Gasteiger partial charge in [-0.3, -0.25) is 5.01 Å². The van der Waals surface area contributed by atoms with Crippen molar-refractivity contribution in [3.63, 3.8) is 0 Å². The number of oxazole rings is 1. The smallest absolute Gasteiger partial charge is 0.226 e. The maximum Gasteiger partial charge on any atom is 0.226 e. The van der Waals surface area contributed by atoms with Gasteiger partial charge in [0, 0.05) is 37.3 Å². The van der Waals surface area contributed by atoms with E-state index in [4.69, 9.17) is 9.52 Å². The van der Waals surface area contributed by atoms with Crippen LogP contribution in [0.2, 0.25) is 0 Å². The lowest BCUT2D eigenvalue weighted by atomic mass is 9.98. The highest BCUT2D eigenvalue weighted by atomic mass is 16.4. The van der Waals surface area contributed by atoms with Gasteiger partial charge in [0.25, 0.3) is 0 Å². The Kier molecular flexibility index (Phi) is 7.81. The molecule has 0 fully saturated rings. The Morgan fingerprint density at radius 3 is 1.91 bits per heavy atom. The van der Waals surface area contributed by atoms with Gasteiger partial charge in [-0.1, -0.05) is 109 Å². The van der Waals surface area contributed by atoms with Crippen molar-refractivity contribution in [2.45, 2.75) is 12.5 Å². The van der Waals surface area contributed by atoms with Crippen LogP contribution in [0.25, 0.3) is 34.9 Å². The summed E-state index contributed by atoms with van der Waals surface area (Å²) in [5.74, 6) is 1.38. The van der Waals surface area contributed by atoms with Crippen LogP contribution < -0.4 is 9.91 Å². The van der Waals surface area contributed by atoms with E-state index >= 15 is 0 Å². The van der Waals surface area contributed by atoms with Gasteiger partial charge >= 0.3 is 0 Å². The molecule has 0 saturated heterocycles. The van der Waals surface area contributed by atoms with Crippen LogP contribution in [0.4, 0.5) is 11.4 Å². The van der Waals surface area contributed by atoms with Gasteiger partial charge in [0.1, 0.15) is 0 Å². The number of benzene rings is 5. The van der Waals surface area contributed by atoms with Crippen LogP contribution in [0.3, 0.4) is 0 Å². The lowest BCUT2D eigenvalue weighted by molar-refractivity contribution is 0.589. The van der Waals surface area contributed by atoms with E-state index in [0.29, 0.717) is 5.89 Å². The number of rotatable bonds is 8. The first-order valence-corrected chi connectivity index (χ1v) is 15.2. The highest BCUT2D eigenvalue weighted by molar-refractivity contribution is 6.03. The molecular formula is C40H34N4O. The Bertz CT molecular complexity index is 1920. The SMILES string of the molecule is CN(C)c1ccc(C2=NN(c3ccc(/C=C/c4ccc(-c5ncc(-c6ccccc6)o5)cc4)cc3)[C@H](c3ccccc3)C2)cc1. The minimum absolute atomic E-state index is 0.141. The van der Waals surface area contributed by atoms with Gasteiger partial charge in [0.05, 0.1) is 23.6 Å². The first kappa shape index (κ1) is 28.1. The second kappa shape index (κ2) is 12.5. The predicted molar refractivity (Wildman–Crippen MR) is 186 cm³/mol. The number of hydrogen-bond donors (Lipinski definition) is 0. The third kappa shape index (κ3) is 6.20. The standard InChI is InChI=1S/C40H34N4O/c1-43(2)35-25-21-31(22-26-35)37-27-38(32-9-5-3-6-10-32)44(42-37)36-23-17-30(18-24-36)14-13-29-15-19-34(20-16-29)40-41-28-39(45-40)33-11-7-4-8-12-33/h3-26,28,38H,27H2,1-2H3/b14-13+/t38-/m0/s1. The molecule has 0 bridgehead atoms. The third-order valence-corrected chi connectivity index (χ3v) is 8.16. The third-order valence-electron chi connectivity index (χ3n) is 8.16. The topological polar surface area (TPSA) is 44.9 Å². The molecule has 5 nitrogen and oxygen atoms in total. The molecule has 0 amide bonds. The lowest BCUT2D eigenvalue weighted by Gasteiger charge is -2.24. The Morgan fingerprint density at radius 2 is 1.27 bits per heavy atom. The van der Waals surface area contributed by atoms with Crippen LogP contribution >= 0.6 is 0 Å². The molecule has 2 heterocycles. The minimum atomic E-state index is 0.141. The summed E-state index contributed by atoms with van der Waals surface area (Å²) in [6.45, 7) is 0. The molecule has 45 heavy (non-hydrogen) atoms. The van der Waals surface area contributed by atoms with E-state index in [2.05, 4.69) is 132 Å². The lowest BCUT2D eigenvalue weighted by Crippen LogP contribution is -2.18. The summed E-state index contributed by atoms with van der Waals surface area (Å²) in [7, 11) is 4.12. The van der Waals surface area contributed by atoms with Crippen molar-refractivity contribution < 1.29 is 4.42 Å². The van der Waals surface area contributed by atoms with Gasteiger partial charge in [0.2, 0.25) is 5.89 Å². The Balaban J connectivity index is 1.07. The average Bonchev–Trinajstić information content (AvgIpc) is 3.78. The van der Waals surface area contributed by atoms with Crippen LogP contribution in [0.5, 0.6) is 0 Å². The van der Waals surface area contributed by atoms with Gasteiger partial charge in [0.15, 0.2) is 5.76 Å². The predicted octanol–water partition coefficient (Wildman–Crippen LogP) is 9.60. The molecule has 0 saturated carbocycles. The van der Waals surface area contributed by atoms with Gasteiger partial charge in [-0.15, -0.1) is 0 Å². The van der Waals surface area contributed by atoms with Crippen molar-refractivity contribution in [3.05, 3.63) is 162 Å². The van der Waals surface area contributed by atoms with E-state index in [0.717, 1.165) is 51.4 Å². The molecule has 0 aliphatic carbocycles. The van der Waals surface area contributed by atoms with Crippen LogP contribution in [0, 0.1) is 0 Å². The summed E-state index contributed by atoms with van der Waals surface area (Å²) >= 11 is 0. The Morgan fingerprint density at radius 1 is 0.667 bits per heavy atom. The Labute approximate surface area is 264 Å². The molecule has 6 aromatic rings. The molecule has 5 aromatic carbocycles. The van der Waals surface area contributed by atoms with Gasteiger partial charge in [-0.2, -0.15) is 5.10 Å². The van der Waals surface area contributed by atoms with Crippen LogP contribution in [0.15, 0.2) is 149 Å². The quantitative estimate of drug-likeness (QED) is 0.167. The molecule has 1 aliphatic rings. The fourth-order valence-corrected chi connectivity index (χ4v) is 5.62. The fourth-order valence-electron chi connectivity index (χ4n) is 5.62. The maximum atomic E-state index is 6.01. The van der Waals surface area contributed by atoms with E-state index in [1.165, 1.54) is 11.3 Å². The number of nitrogens with zero attached hydrogens (tertiary/aromatic N) is 4. The molecule has 0 unspecified atom stereocenters. The number of hydrazone groups is 1. The summed E-state index contributed by atoms with van der Waals surface area (Å²) in [5.41, 5.74) is 9.98. The highest BCUT2D eigenvalue weighted by Gasteiger charge is 2.29. The molecule has 1 atom stereocenters. The summed E-state index contributed by atoms with van der Waals surface area (Å²) in [6.07, 6.45) is 6.89. The maximum absolute atomic E-state index is 6.01. The van der Waals surface area contributed by atoms with Gasteiger partial charge in [-0.25, -0.2) is 4.98 Å². The molecule has 220 valence electrons. The molecule has 1 aliphatic heterocycles. The van der Waals surface area contributed by atoms with Crippen molar-refractivity contribution in [2.75, 3.05) is 24.0 Å². The van der Waals surface area contributed by atoms with Gasteiger partial charge < -0.3 is 9.32 Å². The first-order valence-electron chi connectivity index (χ1n) is 15.2. The van der Waals surface area contributed by atoms with Crippen molar-refractivity contribution in [1.29, 1.82) is 0 Å². The summed E-state index contributed by atoms with van der Waals surface area (Å²) in [6, 6.07) is 46.4. The van der Waals surface area contributed by atoms with Crippen LogP contribution in [-0.2, 0) is 0 Å². The van der Waals surface area contributed by atoms with Crippen molar-refractivity contribution in [2.24, 2.45) is 5.10 Å². The fraction of sp³-hybridized carbons (Fsp3) is 0.100. The molecular weight excluding hydrogens is 552 g/mol. The van der Waals surface area contributed by atoms with Crippen molar-refractivity contribution in [1.82, 2.24) is 4.98 Å². The Hall–Kier alpha value is -5.68. The summed E-state index contributed by atoms with van der Waals surface area (Å²) in [4.78, 5) is 6.60. The largest absolute Gasteiger partial charge is 0.436 e. The zero-order valence-electron chi connectivity index (χ0n) is 25.4. The molecule has 7 rings (SSSR count). The van der Waals surface area contributed by atoms with Crippen molar-refractivity contribution in [3.8, 4) is 22.8 Å². The normalized spacial score (nSPS) is 14.6. The van der Waals surface area contributed by atoms with Crippen LogP contribution in [-0.4, -0.2) is 24.8 Å². The molecule has 5 heteroatoms. The minimum Gasteiger partial charge on any atom is -0.436 e. The summed E-state index contributed by atoms with van der Waals surface area (Å²) < 4.78 is 6.01. The molecule has 1 aromatic heterocycles. The van der Waals surface area contributed by atoms with E-state index in [9.17, 15) is 0 Å². The molecule has 0 radical (unpaired) electrons. The monoisotopic (exact) mass is 586 g/mol. The summed E-state index contributed by atoms with van der Waals surface area (Å²) in [5, 5.41) is 7.31. The van der Waals surface area contributed by atoms with E-state index < -0.39 is 0 Å². The second-order valence-corrected chi connectivity index (χ2v) is 11.4. The molecule has 0 N–H and O–H groups in total. The average molecular weight is 587 g/mol. The first-order chi connectivity index (χ1) is 22.1. The zero-order chi connectivity index (χ0) is 30.6. The molecule has 0 spiro atoms. The van der Waals surface area contributed by atoms with Crippen LogP contribution in [0.1, 0.15) is 34.7 Å². The van der Waals surface area contributed by atoms with E-state index in [1.807, 2.05) is 42.5 Å². The van der Waals surface area contributed by atoms with E-state index in [-0.39, 0.29) is 6.04 Å². The van der Waals surface area contributed by atoms with E-state index in [1.54, 1.807) is 6.20 Å². The number of aromatic nitrogens is 1. The number of anilines is 2. The zero-order valence-corrected chi connectivity index (χ0v) is 25.4. The van der Waals surface area contributed by atoms with Crippen molar-refractivity contribution >= 4 is 29.2 Å². The second-order valence-electron chi connectivity index (χ2n) is 11.4. The number of hydrogen-bond acceptors (Lipinski definition) is 5. The highest BCUT2D eigenvalue weighted by Crippen LogP contribution is 2.37.